The maximum absolute atomic E-state index is 10.8. The number of anilines is 2. The third-order valence-corrected chi connectivity index (χ3v) is 3.50. The van der Waals surface area contributed by atoms with E-state index in [-0.39, 0.29) is 0 Å². The lowest BCUT2D eigenvalue weighted by Gasteiger charge is -2.16. The van der Waals surface area contributed by atoms with E-state index in [9.17, 15) is 4.79 Å². The van der Waals surface area contributed by atoms with E-state index in [2.05, 4.69) is 10.3 Å². The summed E-state index contributed by atoms with van der Waals surface area (Å²) in [4.78, 5) is 18.0. The lowest BCUT2D eigenvalue weighted by Crippen LogP contribution is -2.13. The Morgan fingerprint density at radius 1 is 1.53 bits per heavy atom. The van der Waals surface area contributed by atoms with Crippen LogP contribution in [0, 0.1) is 0 Å². The molecule has 2 aromatic heterocycles. The number of carbonyl (C=O) groups is 1. The lowest BCUT2D eigenvalue weighted by molar-refractivity contribution is 0.0697. The molecule has 0 amide bonds. The number of hydrogen-bond donors (Lipinski definition) is 2. The van der Waals surface area contributed by atoms with Gasteiger partial charge in [-0.05, 0) is 18.2 Å². The molecule has 0 aliphatic heterocycles. The molecule has 2 aromatic rings. The second-order valence-corrected chi connectivity index (χ2v) is 5.23. The van der Waals surface area contributed by atoms with Gasteiger partial charge in [-0.15, -0.1) is 11.3 Å². The van der Waals surface area contributed by atoms with Crippen LogP contribution in [0.2, 0.25) is 0 Å². The third-order valence-electron chi connectivity index (χ3n) is 2.56. The first-order valence-electron chi connectivity index (χ1n) is 5.75. The highest BCUT2D eigenvalue weighted by atomic mass is 32.1. The number of rotatable bonds is 5. The molecular weight excluding hydrogens is 262 g/mol. The number of carboxylic acid groups (broad SMARTS) is 1. The van der Waals surface area contributed by atoms with Crippen LogP contribution in [0.1, 0.15) is 15.2 Å². The predicted octanol–water partition coefficient (Wildman–Crippen LogP) is 2.52. The van der Waals surface area contributed by atoms with Crippen molar-refractivity contribution >= 4 is 28.8 Å². The van der Waals surface area contributed by atoms with E-state index >= 15 is 0 Å². The summed E-state index contributed by atoms with van der Waals surface area (Å²) in [6.45, 7) is 0.588. The van der Waals surface area contributed by atoms with E-state index < -0.39 is 5.97 Å². The van der Waals surface area contributed by atoms with Gasteiger partial charge in [-0.1, -0.05) is 0 Å². The number of carboxylic acids is 1. The van der Waals surface area contributed by atoms with Gasteiger partial charge in [0.05, 0.1) is 11.3 Å². The normalized spacial score (nSPS) is 10.2. The number of thiophene rings is 1. The summed E-state index contributed by atoms with van der Waals surface area (Å²) in [5, 5.41) is 13.8. The largest absolute Gasteiger partial charge is 0.478 e. The average Bonchev–Trinajstić information content (AvgIpc) is 2.85. The van der Waals surface area contributed by atoms with Crippen LogP contribution in [0.4, 0.5) is 11.5 Å². The van der Waals surface area contributed by atoms with Crippen molar-refractivity contribution in [2.75, 3.05) is 24.3 Å². The maximum Gasteiger partial charge on any atom is 0.336 e. The van der Waals surface area contributed by atoms with Crippen LogP contribution in [-0.4, -0.2) is 30.2 Å². The highest BCUT2D eigenvalue weighted by Gasteiger charge is 2.08. The van der Waals surface area contributed by atoms with Crippen molar-refractivity contribution in [1.82, 2.24) is 4.98 Å². The zero-order valence-corrected chi connectivity index (χ0v) is 11.6. The van der Waals surface area contributed by atoms with Gasteiger partial charge >= 0.3 is 5.97 Å². The molecule has 0 saturated carbocycles. The standard InChI is InChI=1S/C13H15N3O2S/c1-16(2)12-11(4-3-5-14-12)15-7-10-6-9(8-19-10)13(17)18/h3-6,8,15H,7H2,1-2H3,(H,17,18). The quantitative estimate of drug-likeness (QED) is 0.879. The van der Waals surface area contributed by atoms with Gasteiger partial charge < -0.3 is 15.3 Å². The average molecular weight is 277 g/mol. The SMILES string of the molecule is CN(C)c1ncccc1NCc1cc(C(=O)O)cs1. The third kappa shape index (κ3) is 3.23. The summed E-state index contributed by atoms with van der Waals surface area (Å²) in [5.41, 5.74) is 1.26. The Labute approximate surface area is 115 Å². The van der Waals surface area contributed by atoms with E-state index in [0.29, 0.717) is 12.1 Å². The molecule has 19 heavy (non-hydrogen) atoms. The van der Waals surface area contributed by atoms with Crippen LogP contribution in [0.3, 0.4) is 0 Å². The molecule has 0 unspecified atom stereocenters. The van der Waals surface area contributed by atoms with Crippen molar-refractivity contribution in [3.05, 3.63) is 40.2 Å². The van der Waals surface area contributed by atoms with Crippen molar-refractivity contribution in [3.8, 4) is 0 Å². The summed E-state index contributed by atoms with van der Waals surface area (Å²) >= 11 is 1.43. The molecule has 6 heteroatoms. The second kappa shape index (κ2) is 5.71. The van der Waals surface area contributed by atoms with E-state index in [1.807, 2.05) is 31.1 Å². The molecular formula is C13H15N3O2S. The molecule has 0 fully saturated rings. The van der Waals surface area contributed by atoms with Gasteiger partial charge in [0.1, 0.15) is 0 Å². The molecule has 100 valence electrons. The molecule has 5 nitrogen and oxygen atoms in total. The summed E-state index contributed by atoms with van der Waals surface area (Å²) < 4.78 is 0. The minimum atomic E-state index is -0.891. The Kier molecular flexibility index (Phi) is 4.01. The molecule has 0 aliphatic rings. The van der Waals surface area contributed by atoms with Crippen molar-refractivity contribution in [2.45, 2.75) is 6.54 Å². The van der Waals surface area contributed by atoms with Crippen molar-refractivity contribution < 1.29 is 9.90 Å². The Morgan fingerprint density at radius 2 is 2.32 bits per heavy atom. The number of nitrogens with zero attached hydrogens (tertiary/aromatic N) is 2. The Balaban J connectivity index is 2.08. The number of aromatic nitrogens is 1. The van der Waals surface area contributed by atoms with E-state index in [4.69, 9.17) is 5.11 Å². The zero-order valence-electron chi connectivity index (χ0n) is 10.8. The highest BCUT2D eigenvalue weighted by Crippen LogP contribution is 2.22. The van der Waals surface area contributed by atoms with Gasteiger partial charge in [0.25, 0.3) is 0 Å². The molecule has 0 atom stereocenters. The van der Waals surface area contributed by atoms with Crippen molar-refractivity contribution in [2.24, 2.45) is 0 Å². The fourth-order valence-corrected chi connectivity index (χ4v) is 2.46. The number of pyridine rings is 1. The monoisotopic (exact) mass is 277 g/mol. The molecule has 0 saturated heterocycles. The second-order valence-electron chi connectivity index (χ2n) is 4.23. The van der Waals surface area contributed by atoms with Crippen LogP contribution in [0.5, 0.6) is 0 Å². The Bertz CT molecular complexity index is 581. The summed E-state index contributed by atoms with van der Waals surface area (Å²) in [6.07, 6.45) is 1.74. The zero-order chi connectivity index (χ0) is 13.8. The molecule has 0 aliphatic carbocycles. The highest BCUT2D eigenvalue weighted by molar-refractivity contribution is 7.10. The van der Waals surface area contributed by atoms with E-state index in [1.54, 1.807) is 17.6 Å². The van der Waals surface area contributed by atoms with E-state index in [0.717, 1.165) is 16.4 Å². The molecule has 0 bridgehead atoms. The summed E-state index contributed by atoms with van der Waals surface area (Å²) in [5.74, 6) is -0.0321. The number of nitrogens with one attached hydrogen (secondary N) is 1. The number of aromatic carboxylic acids is 1. The predicted molar refractivity (Wildman–Crippen MR) is 77.2 cm³/mol. The minimum absolute atomic E-state index is 0.334. The van der Waals surface area contributed by atoms with Crippen LogP contribution in [0.15, 0.2) is 29.8 Å². The summed E-state index contributed by atoms with van der Waals surface area (Å²) in [6, 6.07) is 5.51. The molecule has 0 radical (unpaired) electrons. The lowest BCUT2D eigenvalue weighted by atomic mass is 10.3. The maximum atomic E-state index is 10.8. The topological polar surface area (TPSA) is 65.5 Å². The van der Waals surface area contributed by atoms with E-state index in [1.165, 1.54) is 11.3 Å². The minimum Gasteiger partial charge on any atom is -0.478 e. The van der Waals surface area contributed by atoms with Crippen LogP contribution < -0.4 is 10.2 Å². The van der Waals surface area contributed by atoms with Gasteiger partial charge in [0.15, 0.2) is 5.82 Å². The van der Waals surface area contributed by atoms with Crippen molar-refractivity contribution in [1.29, 1.82) is 0 Å². The van der Waals surface area contributed by atoms with Gasteiger partial charge in [0, 0.05) is 37.1 Å². The van der Waals surface area contributed by atoms with Crippen LogP contribution in [0.25, 0.3) is 0 Å². The first-order valence-corrected chi connectivity index (χ1v) is 6.63. The first-order chi connectivity index (χ1) is 9.08. The van der Waals surface area contributed by atoms with Gasteiger partial charge in [-0.3, -0.25) is 0 Å². The van der Waals surface area contributed by atoms with Crippen LogP contribution >= 0.6 is 11.3 Å². The van der Waals surface area contributed by atoms with Crippen molar-refractivity contribution in [3.63, 3.8) is 0 Å². The summed E-state index contributed by atoms with van der Waals surface area (Å²) in [7, 11) is 3.86. The molecule has 2 heterocycles. The van der Waals surface area contributed by atoms with Gasteiger partial charge in [-0.25, -0.2) is 9.78 Å². The number of hydrogen-bond acceptors (Lipinski definition) is 5. The Morgan fingerprint density at radius 3 is 2.95 bits per heavy atom. The molecule has 0 aromatic carbocycles. The van der Waals surface area contributed by atoms with Crippen LogP contribution in [-0.2, 0) is 6.54 Å². The van der Waals surface area contributed by atoms with Gasteiger partial charge in [-0.2, -0.15) is 0 Å². The fraction of sp³-hybridized carbons (Fsp3) is 0.231. The van der Waals surface area contributed by atoms with Gasteiger partial charge in [0.2, 0.25) is 0 Å². The fourth-order valence-electron chi connectivity index (χ4n) is 1.66. The molecule has 0 spiro atoms. The smallest absolute Gasteiger partial charge is 0.336 e. The molecule has 2 rings (SSSR count). The Hall–Kier alpha value is -2.08. The first kappa shape index (κ1) is 13.4. The molecule has 2 N–H and O–H groups in total.